The molecular weight excluding hydrogens is 382 g/mol. The summed E-state index contributed by atoms with van der Waals surface area (Å²) in [6.45, 7) is 0.471. The van der Waals surface area contributed by atoms with Gasteiger partial charge in [0.15, 0.2) is 0 Å². The Hall–Kier alpha value is -2.57. The maximum Gasteiger partial charge on any atom is 0.230 e. The van der Waals surface area contributed by atoms with Crippen LogP contribution in [0.15, 0.2) is 65.7 Å². The zero-order chi connectivity index (χ0) is 19.1. The molecule has 0 fully saturated rings. The summed E-state index contributed by atoms with van der Waals surface area (Å²) in [7, 11) is 1.63. The second kappa shape index (κ2) is 9.39. The van der Waals surface area contributed by atoms with Gasteiger partial charge in [-0.2, -0.15) is 0 Å². The molecule has 0 spiro atoms. The van der Waals surface area contributed by atoms with Crippen LogP contribution in [0, 0.1) is 0 Å². The molecule has 0 bridgehead atoms. The lowest BCUT2D eigenvalue weighted by atomic mass is 10.1. The van der Waals surface area contributed by atoms with Crippen LogP contribution in [-0.2, 0) is 11.3 Å². The van der Waals surface area contributed by atoms with Crippen molar-refractivity contribution in [1.82, 2.24) is 15.5 Å². The Bertz CT molecular complexity index is 885. The van der Waals surface area contributed by atoms with Crippen molar-refractivity contribution < 1.29 is 9.53 Å². The number of halogens is 1. The predicted octanol–water partition coefficient (Wildman–Crippen LogP) is 4.21. The molecule has 0 atom stereocenters. The Balaban J connectivity index is 1.49. The molecule has 27 heavy (non-hydrogen) atoms. The van der Waals surface area contributed by atoms with Gasteiger partial charge in [0.25, 0.3) is 0 Å². The number of benzene rings is 2. The van der Waals surface area contributed by atoms with Crippen molar-refractivity contribution in [2.75, 3.05) is 12.9 Å². The van der Waals surface area contributed by atoms with Crippen molar-refractivity contribution in [3.63, 3.8) is 0 Å². The minimum absolute atomic E-state index is 0.0593. The van der Waals surface area contributed by atoms with Gasteiger partial charge in [-0.05, 0) is 54.1 Å². The summed E-state index contributed by atoms with van der Waals surface area (Å²) in [5.74, 6) is 1.02. The molecule has 1 N–H and O–H groups in total. The van der Waals surface area contributed by atoms with Crippen LogP contribution in [0.1, 0.15) is 5.56 Å². The minimum atomic E-state index is -0.0593. The van der Waals surface area contributed by atoms with Gasteiger partial charge >= 0.3 is 0 Å². The molecule has 0 saturated heterocycles. The molecule has 7 heteroatoms. The summed E-state index contributed by atoms with van der Waals surface area (Å²) in [6.07, 6.45) is 0. The fraction of sp³-hybridized carbons (Fsp3) is 0.150. The van der Waals surface area contributed by atoms with Crippen LogP contribution in [0.3, 0.4) is 0 Å². The van der Waals surface area contributed by atoms with Gasteiger partial charge in [0.2, 0.25) is 5.91 Å². The molecule has 0 saturated carbocycles. The summed E-state index contributed by atoms with van der Waals surface area (Å²) < 4.78 is 5.15. The molecule has 2 aromatic carbocycles. The lowest BCUT2D eigenvalue weighted by molar-refractivity contribution is -0.118. The second-order valence-electron chi connectivity index (χ2n) is 5.68. The van der Waals surface area contributed by atoms with Crippen LogP contribution in [0.2, 0.25) is 5.02 Å². The summed E-state index contributed by atoms with van der Waals surface area (Å²) in [5, 5.41) is 12.7. The highest BCUT2D eigenvalue weighted by Crippen LogP contribution is 2.22. The van der Waals surface area contributed by atoms with Crippen LogP contribution in [-0.4, -0.2) is 29.0 Å². The van der Waals surface area contributed by atoms with E-state index in [4.69, 9.17) is 16.3 Å². The summed E-state index contributed by atoms with van der Waals surface area (Å²) >= 11 is 7.20. The lowest BCUT2D eigenvalue weighted by Crippen LogP contribution is -2.24. The zero-order valence-electron chi connectivity index (χ0n) is 14.7. The predicted molar refractivity (Wildman–Crippen MR) is 108 cm³/mol. The summed E-state index contributed by atoms with van der Waals surface area (Å²) in [4.78, 5) is 12.0. The Morgan fingerprint density at radius 3 is 2.41 bits per heavy atom. The smallest absolute Gasteiger partial charge is 0.230 e. The number of carbonyl (C=O) groups is 1. The van der Waals surface area contributed by atoms with Crippen LogP contribution >= 0.6 is 23.4 Å². The largest absolute Gasteiger partial charge is 0.497 e. The number of hydrogen-bond acceptors (Lipinski definition) is 5. The van der Waals surface area contributed by atoms with E-state index in [1.54, 1.807) is 19.2 Å². The van der Waals surface area contributed by atoms with Gasteiger partial charge in [0.05, 0.1) is 18.6 Å². The first-order valence-corrected chi connectivity index (χ1v) is 9.62. The first-order valence-electron chi connectivity index (χ1n) is 8.26. The van der Waals surface area contributed by atoms with Crippen molar-refractivity contribution in [3.8, 4) is 17.0 Å². The Kier molecular flexibility index (Phi) is 6.68. The average Bonchev–Trinajstić information content (AvgIpc) is 2.72. The first-order chi connectivity index (χ1) is 13.1. The number of aromatic nitrogens is 2. The topological polar surface area (TPSA) is 64.1 Å². The van der Waals surface area contributed by atoms with E-state index in [-0.39, 0.29) is 11.7 Å². The fourth-order valence-electron chi connectivity index (χ4n) is 2.31. The summed E-state index contributed by atoms with van der Waals surface area (Å²) in [6, 6.07) is 18.8. The standard InChI is InChI=1S/C20H18ClN3O2S/c1-26-17-8-4-15(5-9-17)18-10-11-20(24-23-18)27-13-19(25)22-12-14-2-6-16(21)7-3-14/h2-11H,12-13H2,1H3,(H,22,25). The number of carbonyl (C=O) groups excluding carboxylic acids is 1. The maximum absolute atomic E-state index is 12.0. The molecule has 3 rings (SSSR count). The van der Waals surface area contributed by atoms with Gasteiger partial charge in [-0.25, -0.2) is 0 Å². The summed E-state index contributed by atoms with van der Waals surface area (Å²) in [5.41, 5.74) is 2.73. The van der Waals surface area contributed by atoms with E-state index in [9.17, 15) is 4.79 Å². The Morgan fingerprint density at radius 2 is 1.78 bits per heavy atom. The van der Waals surface area contributed by atoms with Gasteiger partial charge in [0.1, 0.15) is 10.8 Å². The highest BCUT2D eigenvalue weighted by Gasteiger charge is 2.06. The Morgan fingerprint density at radius 1 is 1.04 bits per heavy atom. The third-order valence-corrected chi connectivity index (χ3v) is 4.95. The number of nitrogens with one attached hydrogen (secondary N) is 1. The van der Waals surface area contributed by atoms with E-state index >= 15 is 0 Å². The number of ether oxygens (including phenoxy) is 1. The third kappa shape index (κ3) is 5.70. The van der Waals surface area contributed by atoms with E-state index in [1.807, 2.05) is 48.5 Å². The van der Waals surface area contributed by atoms with Crippen LogP contribution in [0.25, 0.3) is 11.3 Å². The van der Waals surface area contributed by atoms with Crippen molar-refractivity contribution in [3.05, 3.63) is 71.2 Å². The lowest BCUT2D eigenvalue weighted by Gasteiger charge is -2.06. The number of amides is 1. The molecule has 0 aliphatic rings. The van der Waals surface area contributed by atoms with Crippen molar-refractivity contribution in [2.45, 2.75) is 11.6 Å². The third-order valence-electron chi connectivity index (χ3n) is 3.78. The van der Waals surface area contributed by atoms with Gasteiger partial charge < -0.3 is 10.1 Å². The molecule has 3 aromatic rings. The monoisotopic (exact) mass is 399 g/mol. The van der Waals surface area contributed by atoms with Gasteiger partial charge in [0, 0.05) is 17.1 Å². The minimum Gasteiger partial charge on any atom is -0.497 e. The van der Waals surface area contributed by atoms with Crippen LogP contribution < -0.4 is 10.1 Å². The molecule has 0 radical (unpaired) electrons. The van der Waals surface area contributed by atoms with Crippen LogP contribution in [0.4, 0.5) is 0 Å². The molecule has 0 aliphatic heterocycles. The molecule has 1 heterocycles. The van der Waals surface area contributed by atoms with Crippen molar-refractivity contribution in [2.24, 2.45) is 0 Å². The molecule has 5 nitrogen and oxygen atoms in total. The Labute approximate surface area is 167 Å². The molecule has 1 amide bonds. The fourth-order valence-corrected chi connectivity index (χ4v) is 3.08. The van der Waals surface area contributed by atoms with E-state index < -0.39 is 0 Å². The van der Waals surface area contributed by atoms with Gasteiger partial charge in [-0.1, -0.05) is 35.5 Å². The average molecular weight is 400 g/mol. The number of methoxy groups -OCH3 is 1. The zero-order valence-corrected chi connectivity index (χ0v) is 16.3. The van der Waals surface area contributed by atoms with Crippen molar-refractivity contribution in [1.29, 1.82) is 0 Å². The quantitative estimate of drug-likeness (QED) is 0.603. The van der Waals surface area contributed by atoms with Crippen LogP contribution in [0.5, 0.6) is 5.75 Å². The maximum atomic E-state index is 12.0. The molecule has 1 aromatic heterocycles. The number of thioether (sulfide) groups is 1. The SMILES string of the molecule is COc1ccc(-c2ccc(SCC(=O)NCc3ccc(Cl)cc3)nn2)cc1. The number of rotatable bonds is 7. The highest BCUT2D eigenvalue weighted by molar-refractivity contribution is 7.99. The first kappa shape index (κ1) is 19.2. The van der Waals surface area contributed by atoms with E-state index in [2.05, 4.69) is 15.5 Å². The molecule has 138 valence electrons. The van der Waals surface area contributed by atoms with E-state index in [1.165, 1.54) is 11.8 Å². The molecular formula is C20H18ClN3O2S. The van der Waals surface area contributed by atoms with E-state index in [0.29, 0.717) is 16.6 Å². The second-order valence-corrected chi connectivity index (χ2v) is 7.11. The van der Waals surface area contributed by atoms with Gasteiger partial charge in [-0.15, -0.1) is 10.2 Å². The normalized spacial score (nSPS) is 10.4. The number of hydrogen-bond donors (Lipinski definition) is 1. The van der Waals surface area contributed by atoms with Gasteiger partial charge in [-0.3, -0.25) is 4.79 Å². The highest BCUT2D eigenvalue weighted by atomic mass is 35.5. The molecule has 0 unspecified atom stereocenters. The van der Waals surface area contributed by atoms with E-state index in [0.717, 1.165) is 22.6 Å². The van der Waals surface area contributed by atoms with Crippen molar-refractivity contribution >= 4 is 29.3 Å². The molecule has 0 aliphatic carbocycles. The number of nitrogens with zero attached hydrogens (tertiary/aromatic N) is 2.